The molecule has 25 heavy (non-hydrogen) atoms. The second kappa shape index (κ2) is 7.85. The minimum absolute atomic E-state index is 0.155. The molecular formula is C19H19ClN4O. The average Bonchev–Trinajstić information content (AvgIpc) is 2.59. The Morgan fingerprint density at radius 2 is 1.36 bits per heavy atom. The molecule has 2 aromatic carbocycles. The van der Waals surface area contributed by atoms with Gasteiger partial charge in [0.15, 0.2) is 0 Å². The van der Waals surface area contributed by atoms with E-state index in [1.807, 2.05) is 68.4 Å². The lowest BCUT2D eigenvalue weighted by Crippen LogP contribution is -2.05. The monoisotopic (exact) mass is 354 g/mol. The van der Waals surface area contributed by atoms with Crippen LogP contribution >= 0.6 is 11.6 Å². The maximum absolute atomic E-state index is 5.90. The Kier molecular flexibility index (Phi) is 5.36. The van der Waals surface area contributed by atoms with Crippen LogP contribution in [0.4, 0.5) is 23.0 Å². The minimum atomic E-state index is 0.155. The summed E-state index contributed by atoms with van der Waals surface area (Å²) in [5.74, 6) is 2.23. The Hall–Kier alpha value is -2.79. The first-order valence-electron chi connectivity index (χ1n) is 7.97. The van der Waals surface area contributed by atoms with Crippen molar-refractivity contribution in [2.75, 3.05) is 10.6 Å². The number of ether oxygens (including phenoxy) is 1. The van der Waals surface area contributed by atoms with Crippen LogP contribution in [0, 0.1) is 0 Å². The van der Waals surface area contributed by atoms with Crippen molar-refractivity contribution in [3.8, 4) is 5.75 Å². The molecule has 1 heterocycles. The van der Waals surface area contributed by atoms with E-state index in [0.29, 0.717) is 16.7 Å². The van der Waals surface area contributed by atoms with Gasteiger partial charge in [-0.15, -0.1) is 0 Å². The zero-order valence-electron chi connectivity index (χ0n) is 14.0. The quantitative estimate of drug-likeness (QED) is 0.620. The number of hydrogen-bond donors (Lipinski definition) is 2. The zero-order chi connectivity index (χ0) is 17.6. The third kappa shape index (κ3) is 5.09. The van der Waals surface area contributed by atoms with Gasteiger partial charge in [-0.25, -0.2) is 9.97 Å². The number of hydrogen-bond acceptors (Lipinski definition) is 5. The lowest BCUT2D eigenvalue weighted by Gasteiger charge is -2.11. The molecule has 0 aliphatic heterocycles. The molecule has 6 heteroatoms. The van der Waals surface area contributed by atoms with Crippen molar-refractivity contribution in [3.63, 3.8) is 0 Å². The number of aromatic nitrogens is 2. The van der Waals surface area contributed by atoms with E-state index in [1.165, 1.54) is 6.33 Å². The standard InChI is InChI=1S/C19H19ClN4O/c1-13(2)25-17-9-7-16(8-10-17)24-19-11-18(21-12-22-19)23-15-5-3-14(20)4-6-15/h3-13H,1-2H3,(H2,21,22,23,24). The van der Waals surface area contributed by atoms with Gasteiger partial charge in [-0.3, -0.25) is 0 Å². The number of rotatable bonds is 6. The average molecular weight is 355 g/mol. The Morgan fingerprint density at radius 3 is 1.88 bits per heavy atom. The van der Waals surface area contributed by atoms with Crippen LogP contribution < -0.4 is 15.4 Å². The molecule has 0 unspecified atom stereocenters. The second-order valence-corrected chi connectivity index (χ2v) is 6.17. The topological polar surface area (TPSA) is 59.1 Å². The van der Waals surface area contributed by atoms with Gasteiger partial charge in [-0.05, 0) is 62.4 Å². The van der Waals surface area contributed by atoms with Crippen molar-refractivity contribution in [3.05, 3.63) is 65.9 Å². The predicted octanol–water partition coefficient (Wildman–Crippen LogP) is 5.40. The summed E-state index contributed by atoms with van der Waals surface area (Å²) in [5.41, 5.74) is 1.83. The van der Waals surface area contributed by atoms with E-state index in [1.54, 1.807) is 0 Å². The van der Waals surface area contributed by atoms with Gasteiger partial charge in [0.05, 0.1) is 6.10 Å². The van der Waals surface area contributed by atoms with Gasteiger partial charge in [-0.1, -0.05) is 11.6 Å². The Morgan fingerprint density at radius 1 is 0.840 bits per heavy atom. The second-order valence-electron chi connectivity index (χ2n) is 5.74. The van der Waals surface area contributed by atoms with Crippen LogP contribution in [0.2, 0.25) is 5.02 Å². The molecule has 0 atom stereocenters. The molecule has 5 nitrogen and oxygen atoms in total. The lowest BCUT2D eigenvalue weighted by atomic mass is 10.3. The largest absolute Gasteiger partial charge is 0.491 e. The highest BCUT2D eigenvalue weighted by Crippen LogP contribution is 2.22. The molecule has 2 N–H and O–H groups in total. The minimum Gasteiger partial charge on any atom is -0.491 e. The van der Waals surface area contributed by atoms with Crippen molar-refractivity contribution in [1.29, 1.82) is 0 Å². The molecule has 0 fully saturated rings. The molecule has 128 valence electrons. The van der Waals surface area contributed by atoms with Crippen LogP contribution in [0.15, 0.2) is 60.9 Å². The maximum Gasteiger partial charge on any atom is 0.135 e. The highest BCUT2D eigenvalue weighted by atomic mass is 35.5. The maximum atomic E-state index is 5.90. The third-order valence-corrected chi connectivity index (χ3v) is 3.53. The first-order chi connectivity index (χ1) is 12.1. The van der Waals surface area contributed by atoms with Crippen molar-refractivity contribution in [2.24, 2.45) is 0 Å². The van der Waals surface area contributed by atoms with Crippen molar-refractivity contribution >= 4 is 34.6 Å². The number of benzene rings is 2. The fourth-order valence-electron chi connectivity index (χ4n) is 2.21. The van der Waals surface area contributed by atoms with E-state index in [-0.39, 0.29) is 6.10 Å². The van der Waals surface area contributed by atoms with Crippen LogP contribution in [0.1, 0.15) is 13.8 Å². The highest BCUT2D eigenvalue weighted by molar-refractivity contribution is 6.30. The van der Waals surface area contributed by atoms with Gasteiger partial charge in [-0.2, -0.15) is 0 Å². The Labute approximate surface area is 152 Å². The predicted molar refractivity (Wildman–Crippen MR) is 102 cm³/mol. The first-order valence-corrected chi connectivity index (χ1v) is 8.35. The van der Waals surface area contributed by atoms with E-state index in [2.05, 4.69) is 20.6 Å². The van der Waals surface area contributed by atoms with E-state index >= 15 is 0 Å². The lowest BCUT2D eigenvalue weighted by molar-refractivity contribution is 0.242. The smallest absolute Gasteiger partial charge is 0.135 e. The Balaban J connectivity index is 1.68. The van der Waals surface area contributed by atoms with Crippen molar-refractivity contribution in [1.82, 2.24) is 9.97 Å². The Bertz CT molecular complexity index is 820. The fraction of sp³-hybridized carbons (Fsp3) is 0.158. The molecular weight excluding hydrogens is 336 g/mol. The van der Waals surface area contributed by atoms with Crippen LogP contribution in [0.3, 0.4) is 0 Å². The molecule has 3 aromatic rings. The summed E-state index contributed by atoms with van der Waals surface area (Å²) in [5, 5.41) is 7.17. The number of nitrogens with one attached hydrogen (secondary N) is 2. The van der Waals surface area contributed by atoms with Crippen LogP contribution in [-0.4, -0.2) is 16.1 Å². The molecule has 3 rings (SSSR count). The number of anilines is 4. The summed E-state index contributed by atoms with van der Waals surface area (Å²) in [7, 11) is 0. The fourth-order valence-corrected chi connectivity index (χ4v) is 2.34. The summed E-state index contributed by atoms with van der Waals surface area (Å²) in [4.78, 5) is 8.48. The summed E-state index contributed by atoms with van der Waals surface area (Å²) in [6.45, 7) is 4.00. The summed E-state index contributed by atoms with van der Waals surface area (Å²) in [6.07, 6.45) is 1.67. The zero-order valence-corrected chi connectivity index (χ0v) is 14.8. The van der Waals surface area contributed by atoms with Gasteiger partial charge in [0.25, 0.3) is 0 Å². The SMILES string of the molecule is CC(C)Oc1ccc(Nc2cc(Nc3ccc(Cl)cc3)ncn2)cc1. The van der Waals surface area contributed by atoms with Gasteiger partial charge in [0.2, 0.25) is 0 Å². The summed E-state index contributed by atoms with van der Waals surface area (Å²) in [6, 6.07) is 17.0. The van der Waals surface area contributed by atoms with E-state index in [4.69, 9.17) is 16.3 Å². The molecule has 0 spiro atoms. The number of nitrogens with zero attached hydrogens (tertiary/aromatic N) is 2. The molecule has 0 radical (unpaired) electrons. The third-order valence-electron chi connectivity index (χ3n) is 3.28. The van der Waals surface area contributed by atoms with Gasteiger partial charge < -0.3 is 15.4 Å². The first kappa shape index (κ1) is 17.0. The van der Waals surface area contributed by atoms with E-state index in [0.717, 1.165) is 17.1 Å². The van der Waals surface area contributed by atoms with E-state index < -0.39 is 0 Å². The molecule has 1 aromatic heterocycles. The van der Waals surface area contributed by atoms with Crippen LogP contribution in [0.5, 0.6) is 5.75 Å². The normalized spacial score (nSPS) is 10.6. The van der Waals surface area contributed by atoms with Crippen molar-refractivity contribution in [2.45, 2.75) is 20.0 Å². The molecule has 0 aliphatic rings. The van der Waals surface area contributed by atoms with Gasteiger partial charge >= 0.3 is 0 Å². The highest BCUT2D eigenvalue weighted by Gasteiger charge is 2.02. The number of halogens is 1. The van der Waals surface area contributed by atoms with Gasteiger partial charge in [0, 0.05) is 22.5 Å². The van der Waals surface area contributed by atoms with Crippen molar-refractivity contribution < 1.29 is 4.74 Å². The van der Waals surface area contributed by atoms with Crippen LogP contribution in [0.25, 0.3) is 0 Å². The molecule has 0 amide bonds. The molecule has 0 aliphatic carbocycles. The molecule has 0 bridgehead atoms. The summed E-state index contributed by atoms with van der Waals surface area (Å²) >= 11 is 5.90. The van der Waals surface area contributed by atoms with Crippen LogP contribution in [-0.2, 0) is 0 Å². The van der Waals surface area contributed by atoms with E-state index in [9.17, 15) is 0 Å². The van der Waals surface area contributed by atoms with Gasteiger partial charge in [0.1, 0.15) is 23.7 Å². The molecule has 0 saturated carbocycles. The summed E-state index contributed by atoms with van der Waals surface area (Å²) < 4.78 is 5.64. The molecule has 0 saturated heterocycles.